The number of hydrogen-bond acceptors (Lipinski definition) is 4. The second-order valence-electron chi connectivity index (χ2n) is 4.40. The van der Waals surface area contributed by atoms with Crippen molar-refractivity contribution in [2.24, 2.45) is 5.92 Å². The van der Waals surface area contributed by atoms with Gasteiger partial charge < -0.3 is 10.6 Å². The lowest BCUT2D eigenvalue weighted by molar-refractivity contribution is 0.0957. The van der Waals surface area contributed by atoms with Gasteiger partial charge in [0.25, 0.3) is 5.91 Å². The fourth-order valence-corrected chi connectivity index (χ4v) is 1.28. The van der Waals surface area contributed by atoms with Crippen molar-refractivity contribution in [2.75, 3.05) is 18.4 Å². The van der Waals surface area contributed by atoms with Crippen LogP contribution in [0.5, 0.6) is 0 Å². The molecule has 0 aliphatic carbocycles. The summed E-state index contributed by atoms with van der Waals surface area (Å²) in [5, 5.41) is 5.78. The maximum atomic E-state index is 11.6. The third-order valence-electron chi connectivity index (χ3n) is 2.33. The highest BCUT2D eigenvalue weighted by Gasteiger charge is 2.05. The van der Waals surface area contributed by atoms with Gasteiger partial charge >= 0.3 is 0 Å². The summed E-state index contributed by atoms with van der Waals surface area (Å²) in [6.45, 7) is 9.13. The van der Waals surface area contributed by atoms with E-state index < -0.39 is 0 Å². The summed E-state index contributed by atoms with van der Waals surface area (Å²) in [6, 6.07) is 0. The maximum Gasteiger partial charge on any atom is 0.254 e. The Balaban J connectivity index is 2.46. The first-order valence-electron chi connectivity index (χ1n) is 6.08. The number of hydrogen-bond donors (Lipinski definition) is 2. The standard InChI is InChI=1S/C13H20N4O/c1-4-6-14-12(18)11-8-16-13(17-9-11)15-7-5-10(2)3/h4,8-10H,1,5-7H2,2-3H3,(H,14,18)(H,15,16,17). The zero-order valence-electron chi connectivity index (χ0n) is 10.9. The molecule has 1 rings (SSSR count). The van der Waals surface area contributed by atoms with E-state index in [4.69, 9.17) is 0 Å². The third kappa shape index (κ3) is 4.95. The number of aromatic nitrogens is 2. The summed E-state index contributed by atoms with van der Waals surface area (Å²) in [6.07, 6.45) is 5.72. The van der Waals surface area contributed by atoms with Crippen LogP contribution >= 0.6 is 0 Å². The molecule has 98 valence electrons. The Morgan fingerprint density at radius 2 is 2.11 bits per heavy atom. The van der Waals surface area contributed by atoms with Gasteiger partial charge in [-0.15, -0.1) is 6.58 Å². The summed E-state index contributed by atoms with van der Waals surface area (Å²) in [4.78, 5) is 19.8. The Morgan fingerprint density at radius 3 is 2.67 bits per heavy atom. The number of nitrogens with zero attached hydrogens (tertiary/aromatic N) is 2. The molecule has 0 aliphatic heterocycles. The highest BCUT2D eigenvalue weighted by atomic mass is 16.1. The molecule has 1 amide bonds. The largest absolute Gasteiger partial charge is 0.354 e. The topological polar surface area (TPSA) is 66.9 Å². The van der Waals surface area contributed by atoms with Crippen LogP contribution in [0.1, 0.15) is 30.6 Å². The molecule has 0 fully saturated rings. The fourth-order valence-electron chi connectivity index (χ4n) is 1.28. The van der Waals surface area contributed by atoms with Gasteiger partial charge in [-0.3, -0.25) is 4.79 Å². The lowest BCUT2D eigenvalue weighted by Crippen LogP contribution is -2.23. The van der Waals surface area contributed by atoms with E-state index in [1.165, 1.54) is 12.4 Å². The van der Waals surface area contributed by atoms with Crippen LogP contribution in [0.25, 0.3) is 0 Å². The second kappa shape index (κ2) is 7.42. The zero-order valence-corrected chi connectivity index (χ0v) is 10.9. The summed E-state index contributed by atoms with van der Waals surface area (Å²) in [5.74, 6) is 1.00. The van der Waals surface area contributed by atoms with Crippen molar-refractivity contribution in [3.63, 3.8) is 0 Å². The first-order chi connectivity index (χ1) is 8.63. The van der Waals surface area contributed by atoms with E-state index in [1.807, 2.05) is 0 Å². The van der Waals surface area contributed by atoms with Crippen molar-refractivity contribution >= 4 is 11.9 Å². The minimum absolute atomic E-state index is 0.191. The average Bonchev–Trinajstić information content (AvgIpc) is 2.36. The van der Waals surface area contributed by atoms with E-state index in [0.29, 0.717) is 24.0 Å². The molecule has 0 bridgehead atoms. The molecule has 0 atom stereocenters. The Kier molecular flexibility index (Phi) is 5.84. The minimum Gasteiger partial charge on any atom is -0.354 e. The van der Waals surface area contributed by atoms with Crippen LogP contribution in [0.4, 0.5) is 5.95 Å². The summed E-state index contributed by atoms with van der Waals surface area (Å²) in [7, 11) is 0. The number of carbonyl (C=O) groups excluding carboxylic acids is 1. The smallest absolute Gasteiger partial charge is 0.254 e. The average molecular weight is 248 g/mol. The Morgan fingerprint density at radius 1 is 1.44 bits per heavy atom. The van der Waals surface area contributed by atoms with Gasteiger partial charge in [0.05, 0.1) is 5.56 Å². The number of rotatable bonds is 7. The molecule has 0 aliphatic rings. The number of carbonyl (C=O) groups is 1. The van der Waals surface area contributed by atoms with Gasteiger partial charge in [-0.1, -0.05) is 19.9 Å². The van der Waals surface area contributed by atoms with E-state index in [-0.39, 0.29) is 5.91 Å². The molecule has 5 heteroatoms. The second-order valence-corrected chi connectivity index (χ2v) is 4.40. The number of nitrogens with one attached hydrogen (secondary N) is 2. The van der Waals surface area contributed by atoms with Crippen LogP contribution in [0.3, 0.4) is 0 Å². The molecule has 0 spiro atoms. The monoisotopic (exact) mass is 248 g/mol. The Labute approximate surface area is 108 Å². The first-order valence-corrected chi connectivity index (χ1v) is 6.08. The van der Waals surface area contributed by atoms with E-state index in [9.17, 15) is 4.79 Å². The molecule has 0 saturated heterocycles. The Hall–Kier alpha value is -1.91. The van der Waals surface area contributed by atoms with Gasteiger partial charge in [-0.05, 0) is 12.3 Å². The molecule has 0 saturated carbocycles. The maximum absolute atomic E-state index is 11.6. The summed E-state index contributed by atoms with van der Waals surface area (Å²) < 4.78 is 0. The van der Waals surface area contributed by atoms with Crippen LogP contribution in [0.2, 0.25) is 0 Å². The van der Waals surface area contributed by atoms with Gasteiger partial charge in [0, 0.05) is 25.5 Å². The van der Waals surface area contributed by atoms with Gasteiger partial charge in [-0.25, -0.2) is 9.97 Å². The van der Waals surface area contributed by atoms with Gasteiger partial charge in [0.2, 0.25) is 5.95 Å². The van der Waals surface area contributed by atoms with Crippen molar-refractivity contribution in [3.8, 4) is 0 Å². The van der Waals surface area contributed by atoms with Gasteiger partial charge in [0.1, 0.15) is 0 Å². The fraction of sp³-hybridized carbons (Fsp3) is 0.462. The van der Waals surface area contributed by atoms with Crippen LogP contribution in [-0.4, -0.2) is 29.0 Å². The van der Waals surface area contributed by atoms with E-state index in [2.05, 4.69) is 41.0 Å². The predicted molar refractivity (Wildman–Crippen MR) is 72.5 cm³/mol. The molecule has 18 heavy (non-hydrogen) atoms. The molecule has 0 aromatic carbocycles. The normalized spacial score (nSPS) is 10.2. The summed E-state index contributed by atoms with van der Waals surface area (Å²) in [5.41, 5.74) is 0.450. The Bertz CT molecular complexity index is 386. The molecule has 1 aromatic rings. The number of amides is 1. The lowest BCUT2D eigenvalue weighted by atomic mass is 10.1. The zero-order chi connectivity index (χ0) is 13.4. The van der Waals surface area contributed by atoms with Gasteiger partial charge in [0.15, 0.2) is 0 Å². The van der Waals surface area contributed by atoms with Gasteiger partial charge in [-0.2, -0.15) is 0 Å². The van der Waals surface area contributed by atoms with E-state index in [0.717, 1.165) is 13.0 Å². The van der Waals surface area contributed by atoms with Crippen LogP contribution in [0.15, 0.2) is 25.0 Å². The molecule has 0 unspecified atom stereocenters. The van der Waals surface area contributed by atoms with Crippen molar-refractivity contribution in [1.29, 1.82) is 0 Å². The van der Waals surface area contributed by atoms with E-state index in [1.54, 1.807) is 6.08 Å². The predicted octanol–water partition coefficient (Wildman–Crippen LogP) is 1.85. The highest BCUT2D eigenvalue weighted by Crippen LogP contribution is 2.03. The number of anilines is 1. The molecular weight excluding hydrogens is 228 g/mol. The van der Waals surface area contributed by atoms with Crippen molar-refractivity contribution < 1.29 is 4.79 Å². The van der Waals surface area contributed by atoms with Crippen molar-refractivity contribution in [3.05, 3.63) is 30.6 Å². The van der Waals surface area contributed by atoms with Crippen LogP contribution in [-0.2, 0) is 0 Å². The highest BCUT2D eigenvalue weighted by molar-refractivity contribution is 5.93. The molecule has 1 aromatic heterocycles. The van der Waals surface area contributed by atoms with Crippen molar-refractivity contribution in [2.45, 2.75) is 20.3 Å². The third-order valence-corrected chi connectivity index (χ3v) is 2.33. The SMILES string of the molecule is C=CCNC(=O)c1cnc(NCCC(C)C)nc1. The summed E-state index contributed by atoms with van der Waals surface area (Å²) >= 11 is 0. The van der Waals surface area contributed by atoms with Crippen LogP contribution in [0, 0.1) is 5.92 Å². The molecular formula is C13H20N4O. The molecule has 0 radical (unpaired) electrons. The van der Waals surface area contributed by atoms with Crippen LogP contribution < -0.4 is 10.6 Å². The van der Waals surface area contributed by atoms with Crippen molar-refractivity contribution in [1.82, 2.24) is 15.3 Å². The molecule has 5 nitrogen and oxygen atoms in total. The quantitative estimate of drug-likeness (QED) is 0.723. The van der Waals surface area contributed by atoms with E-state index >= 15 is 0 Å². The molecule has 1 heterocycles. The lowest BCUT2D eigenvalue weighted by Gasteiger charge is -2.07. The minimum atomic E-state index is -0.191. The first kappa shape index (κ1) is 14.2. The molecule has 2 N–H and O–H groups in total.